The molecule has 0 unspecified atom stereocenters. The van der Waals surface area contributed by atoms with Crippen molar-refractivity contribution < 1.29 is 14.3 Å². The third kappa shape index (κ3) is 3.61. The molecule has 0 saturated carbocycles. The largest absolute Gasteiger partial charge is 0.462 e. The van der Waals surface area contributed by atoms with Crippen LogP contribution in [0.25, 0.3) is 0 Å². The number of halogens is 1. The number of hydrogen-bond donors (Lipinski definition) is 1. The maximum absolute atomic E-state index is 11.6. The van der Waals surface area contributed by atoms with Gasteiger partial charge < -0.3 is 9.47 Å². The van der Waals surface area contributed by atoms with Crippen LogP contribution in [0.2, 0.25) is 5.02 Å². The number of nitrogens with one attached hydrogen (secondary N) is 1. The fraction of sp³-hybridized carbons (Fsp3) is 0.214. The molecule has 0 aliphatic heterocycles. The molecule has 0 aliphatic rings. The van der Waals surface area contributed by atoms with Crippen molar-refractivity contribution in [3.8, 4) is 11.5 Å². The first-order valence-electron chi connectivity index (χ1n) is 6.22. The van der Waals surface area contributed by atoms with Gasteiger partial charge in [-0.15, -0.1) is 0 Å². The van der Waals surface area contributed by atoms with E-state index < -0.39 is 11.5 Å². The second-order valence-electron chi connectivity index (χ2n) is 4.17. The summed E-state index contributed by atoms with van der Waals surface area (Å²) in [4.78, 5) is 23.2. The Balaban J connectivity index is 2.27. The molecule has 0 fully saturated rings. The van der Waals surface area contributed by atoms with Crippen LogP contribution in [-0.2, 0) is 4.74 Å². The zero-order valence-corrected chi connectivity index (χ0v) is 12.2. The number of carbonyl (C=O) groups excluding carboxylic acids is 1. The predicted octanol–water partition coefficient (Wildman–Crippen LogP) is 2.70. The fourth-order valence-corrected chi connectivity index (χ4v) is 1.82. The van der Waals surface area contributed by atoms with Crippen molar-refractivity contribution in [1.82, 2.24) is 10.2 Å². The maximum atomic E-state index is 11.6. The number of ether oxygens (including phenoxy) is 2. The van der Waals surface area contributed by atoms with E-state index in [0.717, 1.165) is 0 Å². The molecule has 110 valence electrons. The minimum Gasteiger partial charge on any atom is -0.462 e. The lowest BCUT2D eigenvalue weighted by Crippen LogP contribution is -2.11. The summed E-state index contributed by atoms with van der Waals surface area (Å²) in [5.74, 6) is -0.127. The first-order chi connectivity index (χ1) is 10.0. The molecule has 6 nitrogen and oxygen atoms in total. The predicted molar refractivity (Wildman–Crippen MR) is 77.1 cm³/mol. The van der Waals surface area contributed by atoms with E-state index in [1.165, 1.54) is 24.3 Å². The molecule has 1 heterocycles. The van der Waals surface area contributed by atoms with Crippen LogP contribution in [0.1, 0.15) is 23.0 Å². The number of esters is 1. The normalized spacial score (nSPS) is 10.2. The van der Waals surface area contributed by atoms with E-state index in [-0.39, 0.29) is 23.1 Å². The zero-order chi connectivity index (χ0) is 15.4. The number of rotatable bonds is 4. The van der Waals surface area contributed by atoms with Crippen LogP contribution < -0.4 is 10.3 Å². The Kier molecular flexibility index (Phi) is 4.59. The number of aromatic amines is 1. The van der Waals surface area contributed by atoms with E-state index in [0.29, 0.717) is 11.3 Å². The zero-order valence-electron chi connectivity index (χ0n) is 11.5. The Morgan fingerprint density at radius 3 is 2.76 bits per heavy atom. The molecule has 0 saturated heterocycles. The summed E-state index contributed by atoms with van der Waals surface area (Å²) in [6, 6.07) is 5.94. The highest BCUT2D eigenvalue weighted by Crippen LogP contribution is 2.29. The Morgan fingerprint density at radius 1 is 1.33 bits per heavy atom. The lowest BCUT2D eigenvalue weighted by molar-refractivity contribution is 0.0526. The molecule has 1 aromatic heterocycles. The van der Waals surface area contributed by atoms with Crippen LogP contribution in [0.15, 0.2) is 29.1 Å². The van der Waals surface area contributed by atoms with Crippen LogP contribution in [0.5, 0.6) is 11.5 Å². The van der Waals surface area contributed by atoms with Crippen molar-refractivity contribution in [1.29, 1.82) is 0 Å². The van der Waals surface area contributed by atoms with Gasteiger partial charge in [0.05, 0.1) is 22.9 Å². The van der Waals surface area contributed by atoms with Gasteiger partial charge in [0.1, 0.15) is 5.75 Å². The van der Waals surface area contributed by atoms with E-state index in [4.69, 9.17) is 21.1 Å². The minimum absolute atomic E-state index is 0.0771. The number of benzene rings is 1. The Labute approximate surface area is 125 Å². The van der Waals surface area contributed by atoms with Crippen LogP contribution >= 0.6 is 11.6 Å². The van der Waals surface area contributed by atoms with Gasteiger partial charge in [-0.25, -0.2) is 9.89 Å². The number of aryl methyl sites for hydroxylation is 1. The molecular weight excluding hydrogens is 296 g/mol. The number of aromatic nitrogens is 2. The molecule has 2 rings (SSSR count). The van der Waals surface area contributed by atoms with Gasteiger partial charge in [-0.05, 0) is 32.0 Å². The van der Waals surface area contributed by atoms with Gasteiger partial charge in [0.25, 0.3) is 0 Å². The number of carbonyl (C=O) groups is 1. The maximum Gasteiger partial charge on any atom is 0.338 e. The van der Waals surface area contributed by atoms with Crippen molar-refractivity contribution in [3.63, 3.8) is 0 Å². The molecular formula is C14H13ClN2O4. The lowest BCUT2D eigenvalue weighted by Gasteiger charge is -2.08. The van der Waals surface area contributed by atoms with Crippen molar-refractivity contribution in [2.45, 2.75) is 13.8 Å². The molecule has 1 aromatic carbocycles. The number of nitrogens with zero attached hydrogens (tertiary/aromatic N) is 1. The van der Waals surface area contributed by atoms with Gasteiger partial charge in [0.15, 0.2) is 5.75 Å². The average molecular weight is 309 g/mol. The highest BCUT2D eigenvalue weighted by atomic mass is 35.5. The van der Waals surface area contributed by atoms with E-state index in [1.54, 1.807) is 13.8 Å². The van der Waals surface area contributed by atoms with E-state index >= 15 is 0 Å². The van der Waals surface area contributed by atoms with Crippen molar-refractivity contribution in [2.75, 3.05) is 6.61 Å². The van der Waals surface area contributed by atoms with Crippen molar-refractivity contribution in [3.05, 3.63) is 50.9 Å². The van der Waals surface area contributed by atoms with Gasteiger partial charge in [0, 0.05) is 6.07 Å². The standard InChI is InChI=1S/C14H13ClN2O4/c1-3-20-14(19)9-4-5-11(10(15)7-9)21-12-6-8(2)16-17-13(12)18/h4-7H,3H2,1-2H3,(H,17,18). The van der Waals surface area contributed by atoms with Gasteiger partial charge in [-0.2, -0.15) is 5.10 Å². The van der Waals surface area contributed by atoms with Gasteiger partial charge >= 0.3 is 11.5 Å². The minimum atomic E-state index is -0.469. The summed E-state index contributed by atoms with van der Waals surface area (Å²) >= 11 is 6.06. The van der Waals surface area contributed by atoms with Crippen LogP contribution in [-0.4, -0.2) is 22.8 Å². The second kappa shape index (κ2) is 6.41. The topological polar surface area (TPSA) is 81.3 Å². The Bertz CT molecular complexity index is 727. The average Bonchev–Trinajstić information content (AvgIpc) is 2.45. The molecule has 0 aliphatic carbocycles. The molecule has 0 atom stereocenters. The monoisotopic (exact) mass is 308 g/mol. The summed E-state index contributed by atoms with van der Waals surface area (Å²) in [5, 5.41) is 6.26. The lowest BCUT2D eigenvalue weighted by atomic mass is 10.2. The summed E-state index contributed by atoms with van der Waals surface area (Å²) < 4.78 is 10.3. The van der Waals surface area contributed by atoms with E-state index in [2.05, 4.69) is 10.2 Å². The Hall–Kier alpha value is -2.34. The van der Waals surface area contributed by atoms with E-state index in [9.17, 15) is 9.59 Å². The summed E-state index contributed by atoms with van der Waals surface area (Å²) in [6.45, 7) is 3.71. The molecule has 0 spiro atoms. The molecule has 2 aromatic rings. The first kappa shape index (κ1) is 15.1. The van der Waals surface area contributed by atoms with E-state index in [1.807, 2.05) is 0 Å². The van der Waals surface area contributed by atoms with Crippen LogP contribution in [0.4, 0.5) is 0 Å². The molecule has 21 heavy (non-hydrogen) atoms. The molecule has 0 radical (unpaired) electrons. The first-order valence-corrected chi connectivity index (χ1v) is 6.60. The van der Waals surface area contributed by atoms with Crippen molar-refractivity contribution >= 4 is 17.6 Å². The summed E-state index contributed by atoms with van der Waals surface area (Å²) in [6.07, 6.45) is 0. The number of hydrogen-bond acceptors (Lipinski definition) is 5. The van der Waals surface area contributed by atoms with Gasteiger partial charge in [-0.1, -0.05) is 11.6 Å². The molecule has 1 N–H and O–H groups in total. The van der Waals surface area contributed by atoms with Crippen molar-refractivity contribution in [2.24, 2.45) is 0 Å². The second-order valence-corrected chi connectivity index (χ2v) is 4.58. The smallest absolute Gasteiger partial charge is 0.338 e. The molecule has 0 bridgehead atoms. The summed E-state index contributed by atoms with van der Waals surface area (Å²) in [5.41, 5.74) is 0.448. The highest BCUT2D eigenvalue weighted by molar-refractivity contribution is 6.32. The SMILES string of the molecule is CCOC(=O)c1ccc(Oc2cc(C)n[nH]c2=O)c(Cl)c1. The van der Waals surface area contributed by atoms with Gasteiger partial charge in [-0.3, -0.25) is 4.79 Å². The van der Waals surface area contributed by atoms with Crippen LogP contribution in [0.3, 0.4) is 0 Å². The molecule has 0 amide bonds. The number of H-pyrrole nitrogens is 1. The molecule has 7 heteroatoms. The Morgan fingerprint density at radius 2 is 2.10 bits per heavy atom. The fourth-order valence-electron chi connectivity index (χ4n) is 1.60. The van der Waals surface area contributed by atoms with Gasteiger partial charge in [0.2, 0.25) is 0 Å². The third-order valence-electron chi connectivity index (χ3n) is 2.56. The third-order valence-corrected chi connectivity index (χ3v) is 2.86. The van der Waals surface area contributed by atoms with Crippen LogP contribution in [0, 0.1) is 6.92 Å². The quantitative estimate of drug-likeness (QED) is 0.878. The summed E-state index contributed by atoms with van der Waals surface area (Å²) in [7, 11) is 0. The highest BCUT2D eigenvalue weighted by Gasteiger charge is 2.12.